The van der Waals surface area contributed by atoms with Crippen LogP contribution in [0.15, 0.2) is 59.4 Å². The first-order valence-corrected chi connectivity index (χ1v) is 7.04. The Bertz CT molecular complexity index is 835. The van der Waals surface area contributed by atoms with Gasteiger partial charge in [-0.3, -0.25) is 4.79 Å². The van der Waals surface area contributed by atoms with Gasteiger partial charge >= 0.3 is 0 Å². The van der Waals surface area contributed by atoms with Crippen LogP contribution in [0.1, 0.15) is 5.69 Å². The lowest BCUT2D eigenvalue weighted by Crippen LogP contribution is -2.24. The molecule has 0 saturated heterocycles. The van der Waals surface area contributed by atoms with Crippen LogP contribution in [0.5, 0.6) is 0 Å². The predicted octanol–water partition coefficient (Wildman–Crippen LogP) is 2.92. The predicted molar refractivity (Wildman–Crippen MR) is 87.4 cm³/mol. The number of nitrogens with zero attached hydrogens (tertiary/aromatic N) is 1. The average molecular weight is 278 g/mol. The van der Waals surface area contributed by atoms with Crippen LogP contribution < -0.4 is 10.9 Å². The van der Waals surface area contributed by atoms with E-state index in [1.165, 1.54) is 0 Å². The van der Waals surface area contributed by atoms with Crippen molar-refractivity contribution in [3.05, 3.63) is 70.6 Å². The molecule has 0 radical (unpaired) electrons. The van der Waals surface area contributed by atoms with Crippen molar-refractivity contribution in [2.24, 2.45) is 7.05 Å². The minimum absolute atomic E-state index is 0.0514. The van der Waals surface area contributed by atoms with E-state index >= 15 is 0 Å². The van der Waals surface area contributed by atoms with Crippen LogP contribution in [-0.4, -0.2) is 11.6 Å². The van der Waals surface area contributed by atoms with Crippen molar-refractivity contribution in [3.8, 4) is 11.1 Å². The molecule has 1 heterocycles. The van der Waals surface area contributed by atoms with Crippen molar-refractivity contribution in [2.75, 3.05) is 7.05 Å². The number of pyridine rings is 1. The van der Waals surface area contributed by atoms with Crippen LogP contribution in [0.4, 0.5) is 0 Å². The fraction of sp³-hybridized carbons (Fsp3) is 0.167. The Morgan fingerprint density at radius 2 is 1.57 bits per heavy atom. The highest BCUT2D eigenvalue weighted by Crippen LogP contribution is 2.30. The molecule has 0 aliphatic carbocycles. The maximum atomic E-state index is 12.5. The zero-order chi connectivity index (χ0) is 14.8. The maximum Gasteiger partial charge on any atom is 0.258 e. The first kappa shape index (κ1) is 13.6. The van der Waals surface area contributed by atoms with Crippen LogP contribution in [0.2, 0.25) is 0 Å². The van der Waals surface area contributed by atoms with Crippen LogP contribution >= 0.6 is 0 Å². The summed E-state index contributed by atoms with van der Waals surface area (Å²) in [5.41, 5.74) is 3.32. The molecule has 1 N–H and O–H groups in total. The van der Waals surface area contributed by atoms with E-state index in [9.17, 15) is 4.79 Å². The molecule has 3 nitrogen and oxygen atoms in total. The highest BCUT2D eigenvalue weighted by Gasteiger charge is 2.15. The van der Waals surface area contributed by atoms with Crippen LogP contribution in [0.25, 0.3) is 21.9 Å². The van der Waals surface area contributed by atoms with Gasteiger partial charge in [0.2, 0.25) is 0 Å². The number of hydrogen-bond acceptors (Lipinski definition) is 2. The third-order valence-electron chi connectivity index (χ3n) is 3.83. The Balaban J connectivity index is 2.47. The molecule has 0 atom stereocenters. The molecule has 0 aliphatic rings. The van der Waals surface area contributed by atoms with Gasteiger partial charge in [0.25, 0.3) is 5.56 Å². The number of fused-ring (bicyclic) bond motifs is 1. The molecule has 1 aromatic heterocycles. The van der Waals surface area contributed by atoms with Gasteiger partial charge in [-0.15, -0.1) is 0 Å². The normalized spacial score (nSPS) is 11.0. The standard InChI is InChI=1S/C18H18N2O/c1-19-12-16-17(13-8-4-3-5-9-13)14-10-6-7-11-15(14)18(21)20(16)2/h3-11,19H,12H2,1-2H3. The first-order valence-electron chi connectivity index (χ1n) is 7.04. The summed E-state index contributed by atoms with van der Waals surface area (Å²) in [6.07, 6.45) is 0. The van der Waals surface area contributed by atoms with Crippen molar-refractivity contribution < 1.29 is 0 Å². The Morgan fingerprint density at radius 3 is 2.24 bits per heavy atom. The van der Waals surface area contributed by atoms with Crippen molar-refractivity contribution in [1.82, 2.24) is 9.88 Å². The average Bonchev–Trinajstić information content (AvgIpc) is 2.54. The molecule has 106 valence electrons. The fourth-order valence-corrected chi connectivity index (χ4v) is 2.82. The summed E-state index contributed by atoms with van der Waals surface area (Å²) in [7, 11) is 3.74. The molecule has 0 aliphatic heterocycles. The maximum absolute atomic E-state index is 12.5. The molecule has 3 heteroatoms. The second kappa shape index (κ2) is 5.54. The van der Waals surface area contributed by atoms with Crippen molar-refractivity contribution in [3.63, 3.8) is 0 Å². The number of hydrogen-bond donors (Lipinski definition) is 1. The summed E-state index contributed by atoms with van der Waals surface area (Å²) in [5, 5.41) is 4.94. The van der Waals surface area contributed by atoms with E-state index < -0.39 is 0 Å². The molecular formula is C18H18N2O. The Hall–Kier alpha value is -2.39. The molecule has 0 unspecified atom stereocenters. The second-order valence-electron chi connectivity index (χ2n) is 5.13. The topological polar surface area (TPSA) is 34.0 Å². The van der Waals surface area contributed by atoms with Gasteiger partial charge in [0, 0.05) is 30.2 Å². The van der Waals surface area contributed by atoms with Crippen molar-refractivity contribution >= 4 is 10.8 Å². The smallest absolute Gasteiger partial charge is 0.258 e. The van der Waals surface area contributed by atoms with E-state index in [1.54, 1.807) is 4.57 Å². The monoisotopic (exact) mass is 278 g/mol. The molecule has 0 saturated carbocycles. The van der Waals surface area contributed by atoms with E-state index in [4.69, 9.17) is 0 Å². The molecule has 21 heavy (non-hydrogen) atoms. The summed E-state index contributed by atoms with van der Waals surface area (Å²) in [4.78, 5) is 12.5. The van der Waals surface area contributed by atoms with E-state index in [2.05, 4.69) is 17.4 Å². The van der Waals surface area contributed by atoms with Crippen LogP contribution in [-0.2, 0) is 13.6 Å². The first-order chi connectivity index (χ1) is 10.2. The van der Waals surface area contributed by atoms with Crippen molar-refractivity contribution in [1.29, 1.82) is 0 Å². The lowest BCUT2D eigenvalue weighted by atomic mass is 9.97. The molecule has 0 amide bonds. The van der Waals surface area contributed by atoms with Gasteiger partial charge in [0.1, 0.15) is 0 Å². The van der Waals surface area contributed by atoms with Gasteiger partial charge in [-0.25, -0.2) is 0 Å². The lowest BCUT2D eigenvalue weighted by Gasteiger charge is -2.17. The SMILES string of the molecule is CNCc1c(-c2ccccc2)c2ccccc2c(=O)n1C. The highest BCUT2D eigenvalue weighted by molar-refractivity contribution is 5.97. The summed E-state index contributed by atoms with van der Waals surface area (Å²) in [6.45, 7) is 0.654. The Labute approximate surface area is 123 Å². The van der Waals surface area contributed by atoms with Gasteiger partial charge in [0.05, 0.1) is 0 Å². The van der Waals surface area contributed by atoms with Gasteiger partial charge in [-0.2, -0.15) is 0 Å². The Morgan fingerprint density at radius 1 is 0.952 bits per heavy atom. The van der Waals surface area contributed by atoms with Gasteiger partial charge < -0.3 is 9.88 Å². The molecule has 0 bridgehead atoms. The van der Waals surface area contributed by atoms with Gasteiger partial charge in [-0.05, 0) is 24.1 Å². The van der Waals surface area contributed by atoms with Crippen LogP contribution in [0, 0.1) is 0 Å². The quantitative estimate of drug-likeness (QED) is 0.799. The van der Waals surface area contributed by atoms with Crippen LogP contribution in [0.3, 0.4) is 0 Å². The van der Waals surface area contributed by atoms with E-state index in [0.717, 1.165) is 27.6 Å². The number of nitrogens with one attached hydrogen (secondary N) is 1. The zero-order valence-electron chi connectivity index (χ0n) is 12.3. The summed E-state index contributed by atoms with van der Waals surface area (Å²) in [5.74, 6) is 0. The summed E-state index contributed by atoms with van der Waals surface area (Å²) in [6, 6.07) is 18.1. The highest BCUT2D eigenvalue weighted by atomic mass is 16.1. The van der Waals surface area contributed by atoms with E-state index in [0.29, 0.717) is 6.54 Å². The fourth-order valence-electron chi connectivity index (χ4n) is 2.82. The van der Waals surface area contributed by atoms with Gasteiger partial charge in [0.15, 0.2) is 0 Å². The number of benzene rings is 2. The third-order valence-corrected chi connectivity index (χ3v) is 3.83. The minimum Gasteiger partial charge on any atom is -0.314 e. The largest absolute Gasteiger partial charge is 0.314 e. The molecule has 0 fully saturated rings. The zero-order valence-corrected chi connectivity index (χ0v) is 12.3. The van der Waals surface area contributed by atoms with E-state index in [1.807, 2.05) is 56.6 Å². The molecule has 3 aromatic rings. The third kappa shape index (κ3) is 2.26. The minimum atomic E-state index is 0.0514. The Kier molecular flexibility index (Phi) is 3.59. The molecular weight excluding hydrogens is 260 g/mol. The number of rotatable bonds is 3. The molecule has 3 rings (SSSR count). The second-order valence-corrected chi connectivity index (χ2v) is 5.13. The van der Waals surface area contributed by atoms with Gasteiger partial charge in [-0.1, -0.05) is 48.5 Å². The van der Waals surface area contributed by atoms with Crippen molar-refractivity contribution in [2.45, 2.75) is 6.54 Å². The molecule has 0 spiro atoms. The summed E-state index contributed by atoms with van der Waals surface area (Å²) < 4.78 is 1.75. The summed E-state index contributed by atoms with van der Waals surface area (Å²) >= 11 is 0. The lowest BCUT2D eigenvalue weighted by molar-refractivity contribution is 0.714. The van der Waals surface area contributed by atoms with E-state index in [-0.39, 0.29) is 5.56 Å². The molecule has 2 aromatic carbocycles. The number of aromatic nitrogens is 1.